The average molecular weight is 271 g/mol. The number of thiazole rings is 1. The molecule has 0 saturated heterocycles. The van der Waals surface area contributed by atoms with Crippen molar-refractivity contribution in [3.8, 4) is 17.7 Å². The van der Waals surface area contributed by atoms with Crippen molar-refractivity contribution >= 4 is 16.3 Å². The van der Waals surface area contributed by atoms with Crippen LogP contribution in [0.25, 0.3) is 4.96 Å². The summed E-state index contributed by atoms with van der Waals surface area (Å²) in [5.74, 6) is 0.766. The molecule has 3 aromatic rings. The van der Waals surface area contributed by atoms with Gasteiger partial charge in [-0.1, -0.05) is 12.1 Å². The maximum atomic E-state index is 9.43. The molecule has 3 rings (SSSR count). The Hall–Kier alpha value is -2.36. The molecule has 0 bridgehead atoms. The second-order valence-electron chi connectivity index (χ2n) is 3.79. The van der Waals surface area contributed by atoms with Gasteiger partial charge in [0.2, 0.25) is 5.88 Å². The van der Waals surface area contributed by atoms with E-state index in [4.69, 9.17) is 10.00 Å². The smallest absolute Gasteiger partial charge is 0.244 e. The van der Waals surface area contributed by atoms with E-state index in [1.54, 1.807) is 28.7 Å². The number of benzene rings is 1. The third-order valence-electron chi connectivity index (χ3n) is 2.69. The number of hydrogen-bond donors (Lipinski definition) is 1. The summed E-state index contributed by atoms with van der Waals surface area (Å²) in [5, 5.41) is 20.3. The normalized spacial score (nSPS) is 10.5. The number of nitrogens with zero attached hydrogens (tertiary/aromatic N) is 3. The van der Waals surface area contributed by atoms with E-state index in [1.165, 1.54) is 11.3 Å². The van der Waals surface area contributed by atoms with Gasteiger partial charge in [-0.2, -0.15) is 10.2 Å². The highest BCUT2D eigenvalue weighted by molar-refractivity contribution is 7.15. The molecule has 5 nitrogen and oxygen atoms in total. The van der Waals surface area contributed by atoms with Gasteiger partial charge in [-0.15, -0.1) is 11.3 Å². The largest absolute Gasteiger partial charge is 0.436 e. The van der Waals surface area contributed by atoms with Gasteiger partial charge in [-0.05, 0) is 12.1 Å². The molecular formula is C13H9N3O2S. The fourth-order valence-electron chi connectivity index (χ4n) is 1.79. The van der Waals surface area contributed by atoms with Crippen LogP contribution in [0.1, 0.15) is 11.3 Å². The van der Waals surface area contributed by atoms with Gasteiger partial charge in [-0.3, -0.25) is 4.40 Å². The second kappa shape index (κ2) is 4.72. The predicted molar refractivity (Wildman–Crippen MR) is 70.2 cm³/mol. The summed E-state index contributed by atoms with van der Waals surface area (Å²) in [5.41, 5.74) is 1.01. The summed E-state index contributed by atoms with van der Waals surface area (Å²) in [6, 6.07) is 8.99. The molecule has 6 heteroatoms. The number of aliphatic hydroxyl groups excluding tert-OH is 1. The van der Waals surface area contributed by atoms with Crippen LogP contribution in [0.15, 0.2) is 35.8 Å². The number of hydrogen-bond acceptors (Lipinski definition) is 5. The first-order valence-corrected chi connectivity index (χ1v) is 6.43. The van der Waals surface area contributed by atoms with Crippen LogP contribution >= 0.6 is 11.3 Å². The Morgan fingerprint density at radius 3 is 3.05 bits per heavy atom. The number of aliphatic hydroxyl groups is 1. The van der Waals surface area contributed by atoms with Gasteiger partial charge < -0.3 is 9.84 Å². The number of nitriles is 1. The topological polar surface area (TPSA) is 70.5 Å². The molecule has 2 aromatic heterocycles. The van der Waals surface area contributed by atoms with Crippen molar-refractivity contribution in [3.63, 3.8) is 0 Å². The standard InChI is InChI=1S/C13H9N3O2S/c14-7-9-3-1-2-4-11(9)18-12-10(8-17)16-5-6-19-13(16)15-12/h1-6,17H,8H2. The molecule has 0 aliphatic heterocycles. The quantitative estimate of drug-likeness (QED) is 0.794. The van der Waals surface area contributed by atoms with Crippen molar-refractivity contribution in [2.75, 3.05) is 0 Å². The molecular weight excluding hydrogens is 262 g/mol. The third kappa shape index (κ3) is 1.95. The Morgan fingerprint density at radius 2 is 2.26 bits per heavy atom. The van der Waals surface area contributed by atoms with Crippen molar-refractivity contribution in [1.82, 2.24) is 9.38 Å². The van der Waals surface area contributed by atoms with Crippen LogP contribution in [0.4, 0.5) is 0 Å². The molecule has 0 radical (unpaired) electrons. The summed E-state index contributed by atoms with van der Waals surface area (Å²) < 4.78 is 7.43. The van der Waals surface area contributed by atoms with E-state index in [0.29, 0.717) is 22.9 Å². The highest BCUT2D eigenvalue weighted by Gasteiger charge is 2.15. The minimum Gasteiger partial charge on any atom is -0.436 e. The highest BCUT2D eigenvalue weighted by Crippen LogP contribution is 2.29. The SMILES string of the molecule is N#Cc1ccccc1Oc1nc2sccn2c1CO. The number of rotatable bonds is 3. The summed E-state index contributed by atoms with van der Waals surface area (Å²) in [7, 11) is 0. The lowest BCUT2D eigenvalue weighted by Gasteiger charge is -2.05. The molecule has 2 heterocycles. The summed E-state index contributed by atoms with van der Waals surface area (Å²) in [4.78, 5) is 5.05. The third-order valence-corrected chi connectivity index (χ3v) is 3.44. The van der Waals surface area contributed by atoms with E-state index in [9.17, 15) is 5.11 Å². The summed E-state index contributed by atoms with van der Waals surface area (Å²) >= 11 is 1.45. The molecule has 0 spiro atoms. The Balaban J connectivity index is 2.06. The van der Waals surface area contributed by atoms with Crippen LogP contribution in [0, 0.1) is 11.3 Å². The zero-order chi connectivity index (χ0) is 13.2. The Morgan fingerprint density at radius 1 is 1.42 bits per heavy atom. The van der Waals surface area contributed by atoms with Gasteiger partial charge in [0, 0.05) is 11.6 Å². The summed E-state index contributed by atoms with van der Waals surface area (Å²) in [6.45, 7) is -0.179. The van der Waals surface area contributed by atoms with Crippen LogP contribution < -0.4 is 4.74 Å². The van der Waals surface area contributed by atoms with E-state index in [2.05, 4.69) is 11.1 Å². The molecule has 0 aliphatic carbocycles. The molecule has 1 N–H and O–H groups in total. The molecule has 94 valence electrons. The van der Waals surface area contributed by atoms with E-state index >= 15 is 0 Å². The lowest BCUT2D eigenvalue weighted by atomic mass is 10.2. The van der Waals surface area contributed by atoms with E-state index in [1.807, 2.05) is 11.6 Å². The van der Waals surface area contributed by atoms with Gasteiger partial charge in [0.15, 0.2) is 4.96 Å². The van der Waals surface area contributed by atoms with Crippen LogP contribution in [0.5, 0.6) is 11.6 Å². The molecule has 0 atom stereocenters. The van der Waals surface area contributed by atoms with Gasteiger partial charge in [0.05, 0.1) is 12.2 Å². The minimum absolute atomic E-state index is 0.179. The zero-order valence-corrected chi connectivity index (χ0v) is 10.6. The second-order valence-corrected chi connectivity index (χ2v) is 4.66. The monoisotopic (exact) mass is 271 g/mol. The number of para-hydroxylation sites is 1. The summed E-state index contributed by atoms with van der Waals surface area (Å²) in [6.07, 6.45) is 1.82. The van der Waals surface area contributed by atoms with Crippen molar-refractivity contribution in [2.45, 2.75) is 6.61 Å². The predicted octanol–water partition coefficient (Wildman–Crippen LogP) is 2.55. The number of fused-ring (bicyclic) bond motifs is 1. The van der Waals surface area contributed by atoms with Gasteiger partial charge in [-0.25, -0.2) is 0 Å². The Bertz CT molecular complexity index is 770. The highest BCUT2D eigenvalue weighted by atomic mass is 32.1. The van der Waals surface area contributed by atoms with E-state index in [-0.39, 0.29) is 6.61 Å². The molecule has 0 amide bonds. The van der Waals surface area contributed by atoms with Crippen LogP contribution in [-0.2, 0) is 6.61 Å². The maximum Gasteiger partial charge on any atom is 0.244 e. The van der Waals surface area contributed by atoms with Crippen LogP contribution in [-0.4, -0.2) is 14.5 Å². The zero-order valence-electron chi connectivity index (χ0n) is 9.78. The lowest BCUT2D eigenvalue weighted by molar-refractivity contribution is 0.270. The van der Waals surface area contributed by atoms with Crippen molar-refractivity contribution < 1.29 is 9.84 Å². The minimum atomic E-state index is -0.179. The first kappa shape index (κ1) is 11.7. The molecule has 19 heavy (non-hydrogen) atoms. The fourth-order valence-corrected chi connectivity index (χ4v) is 2.51. The Labute approximate surface area is 112 Å². The first-order chi connectivity index (χ1) is 9.33. The van der Waals surface area contributed by atoms with E-state index < -0.39 is 0 Å². The van der Waals surface area contributed by atoms with Crippen molar-refractivity contribution in [2.24, 2.45) is 0 Å². The van der Waals surface area contributed by atoms with Crippen molar-refractivity contribution in [1.29, 1.82) is 5.26 Å². The molecule has 0 aliphatic rings. The number of ether oxygens (including phenoxy) is 1. The molecule has 0 unspecified atom stereocenters. The lowest BCUT2D eigenvalue weighted by Crippen LogP contribution is -1.94. The van der Waals surface area contributed by atoms with Gasteiger partial charge >= 0.3 is 0 Å². The first-order valence-electron chi connectivity index (χ1n) is 5.55. The average Bonchev–Trinajstić information content (AvgIpc) is 2.99. The Kier molecular flexibility index (Phi) is 2.91. The van der Waals surface area contributed by atoms with Crippen molar-refractivity contribution in [3.05, 3.63) is 47.1 Å². The fraction of sp³-hybridized carbons (Fsp3) is 0.0769. The molecule has 0 saturated carbocycles. The molecule has 1 aromatic carbocycles. The molecule has 0 fully saturated rings. The number of aromatic nitrogens is 2. The van der Waals surface area contributed by atoms with E-state index in [0.717, 1.165) is 4.96 Å². The number of imidazole rings is 1. The van der Waals surface area contributed by atoms with Gasteiger partial charge in [0.25, 0.3) is 0 Å². The van der Waals surface area contributed by atoms with Gasteiger partial charge in [0.1, 0.15) is 17.5 Å². The van der Waals surface area contributed by atoms with Crippen LogP contribution in [0.3, 0.4) is 0 Å². The van der Waals surface area contributed by atoms with Crippen LogP contribution in [0.2, 0.25) is 0 Å². The maximum absolute atomic E-state index is 9.43.